The molecule has 0 radical (unpaired) electrons. The summed E-state index contributed by atoms with van der Waals surface area (Å²) in [6.45, 7) is 5.33. The number of nitrogens with zero attached hydrogens (tertiary/aromatic N) is 1. The maximum atomic E-state index is 12.0. The Morgan fingerprint density at radius 1 is 1.33 bits per heavy atom. The number of aromatic carboxylic acids is 1. The number of pyridine rings is 1. The summed E-state index contributed by atoms with van der Waals surface area (Å²) in [5.41, 5.74) is 0.127. The Labute approximate surface area is 107 Å². The second-order valence-corrected chi connectivity index (χ2v) is 6.93. The van der Waals surface area contributed by atoms with Crippen LogP contribution in [0, 0.1) is 5.92 Å². The van der Waals surface area contributed by atoms with Gasteiger partial charge in [0.05, 0.1) is 16.7 Å². The van der Waals surface area contributed by atoms with Crippen LogP contribution in [0.3, 0.4) is 0 Å². The van der Waals surface area contributed by atoms with Gasteiger partial charge in [0.1, 0.15) is 5.69 Å². The molecule has 0 aliphatic carbocycles. The maximum absolute atomic E-state index is 12.0. The molecule has 0 aliphatic rings. The molecular formula is C12H17NO4S. The van der Waals surface area contributed by atoms with E-state index in [0.29, 0.717) is 0 Å². The van der Waals surface area contributed by atoms with Crippen molar-refractivity contribution in [3.8, 4) is 0 Å². The molecule has 18 heavy (non-hydrogen) atoms. The Hall–Kier alpha value is -1.43. The average Bonchev–Trinajstić information content (AvgIpc) is 2.27. The highest BCUT2D eigenvalue weighted by Crippen LogP contribution is 2.16. The number of hydrogen-bond donors (Lipinski definition) is 1. The fraction of sp³-hybridized carbons (Fsp3) is 0.500. The molecule has 6 heteroatoms. The topological polar surface area (TPSA) is 84.3 Å². The average molecular weight is 271 g/mol. The van der Waals surface area contributed by atoms with Crippen LogP contribution in [0.5, 0.6) is 0 Å². The Morgan fingerprint density at radius 2 is 1.94 bits per heavy atom. The summed E-state index contributed by atoms with van der Waals surface area (Å²) in [7, 11) is -3.31. The first-order valence-electron chi connectivity index (χ1n) is 5.65. The van der Waals surface area contributed by atoms with E-state index in [-0.39, 0.29) is 23.1 Å². The molecular weight excluding hydrogens is 254 g/mol. The Kier molecular flexibility index (Phi) is 4.45. The lowest BCUT2D eigenvalue weighted by Crippen LogP contribution is -2.25. The van der Waals surface area contributed by atoms with Crippen molar-refractivity contribution >= 4 is 15.8 Å². The van der Waals surface area contributed by atoms with Gasteiger partial charge in [-0.2, -0.15) is 0 Å². The molecule has 1 aromatic rings. The number of hydrogen-bond acceptors (Lipinski definition) is 4. The van der Waals surface area contributed by atoms with E-state index in [9.17, 15) is 13.2 Å². The molecule has 0 aromatic carbocycles. The van der Waals surface area contributed by atoms with Gasteiger partial charge in [-0.3, -0.25) is 0 Å². The van der Waals surface area contributed by atoms with Gasteiger partial charge in [0.15, 0.2) is 9.84 Å². The largest absolute Gasteiger partial charge is 0.477 e. The number of rotatable bonds is 5. The van der Waals surface area contributed by atoms with Crippen molar-refractivity contribution in [2.24, 2.45) is 5.92 Å². The van der Waals surface area contributed by atoms with Crippen molar-refractivity contribution in [2.75, 3.05) is 0 Å². The molecule has 0 bridgehead atoms. The summed E-state index contributed by atoms with van der Waals surface area (Å²) in [4.78, 5) is 14.6. The third-order valence-electron chi connectivity index (χ3n) is 2.88. The summed E-state index contributed by atoms with van der Waals surface area (Å²) in [6, 6.07) is 4.36. The van der Waals surface area contributed by atoms with E-state index >= 15 is 0 Å². The SMILES string of the molecule is CC(C)C(C)S(=O)(=O)Cc1cccc(C(=O)O)n1. The zero-order valence-electron chi connectivity index (χ0n) is 10.6. The number of sulfone groups is 1. The molecule has 1 N–H and O–H groups in total. The quantitative estimate of drug-likeness (QED) is 0.881. The minimum atomic E-state index is -3.31. The highest BCUT2D eigenvalue weighted by atomic mass is 32.2. The van der Waals surface area contributed by atoms with Gasteiger partial charge in [-0.15, -0.1) is 0 Å². The minimum absolute atomic E-state index is 0.0117. The number of aromatic nitrogens is 1. The van der Waals surface area contributed by atoms with Crippen LogP contribution in [0.2, 0.25) is 0 Å². The van der Waals surface area contributed by atoms with Gasteiger partial charge in [0, 0.05) is 0 Å². The van der Waals surface area contributed by atoms with Gasteiger partial charge >= 0.3 is 5.97 Å². The molecule has 5 nitrogen and oxygen atoms in total. The van der Waals surface area contributed by atoms with Crippen LogP contribution in [-0.4, -0.2) is 29.7 Å². The molecule has 1 rings (SSSR count). The van der Waals surface area contributed by atoms with Crippen LogP contribution < -0.4 is 0 Å². The Morgan fingerprint density at radius 3 is 2.44 bits per heavy atom. The van der Waals surface area contributed by atoms with Gasteiger partial charge in [-0.25, -0.2) is 18.2 Å². The van der Waals surface area contributed by atoms with Crippen LogP contribution >= 0.6 is 0 Å². The Balaban J connectivity index is 2.98. The number of carboxylic acids is 1. The van der Waals surface area contributed by atoms with E-state index in [4.69, 9.17) is 5.11 Å². The highest BCUT2D eigenvalue weighted by molar-refractivity contribution is 7.91. The van der Waals surface area contributed by atoms with E-state index in [2.05, 4.69) is 4.98 Å². The predicted molar refractivity (Wildman–Crippen MR) is 68.1 cm³/mol. The van der Waals surface area contributed by atoms with E-state index < -0.39 is 21.1 Å². The highest BCUT2D eigenvalue weighted by Gasteiger charge is 2.24. The maximum Gasteiger partial charge on any atom is 0.354 e. The zero-order chi connectivity index (χ0) is 13.9. The first-order valence-corrected chi connectivity index (χ1v) is 7.36. The Bertz CT molecular complexity index is 537. The second kappa shape index (κ2) is 5.48. The zero-order valence-corrected chi connectivity index (χ0v) is 11.4. The van der Waals surface area contributed by atoms with Gasteiger partial charge in [-0.05, 0) is 25.0 Å². The van der Waals surface area contributed by atoms with E-state index in [0.717, 1.165) is 0 Å². The van der Waals surface area contributed by atoms with Crippen LogP contribution in [0.15, 0.2) is 18.2 Å². The van der Waals surface area contributed by atoms with Gasteiger partial charge < -0.3 is 5.11 Å². The third kappa shape index (κ3) is 3.53. The molecule has 0 spiro atoms. The van der Waals surface area contributed by atoms with E-state index in [1.807, 2.05) is 13.8 Å². The molecule has 1 aromatic heterocycles. The number of carboxylic acid groups (broad SMARTS) is 1. The molecule has 1 heterocycles. The van der Waals surface area contributed by atoms with Crippen molar-refractivity contribution < 1.29 is 18.3 Å². The molecule has 0 saturated carbocycles. The van der Waals surface area contributed by atoms with E-state index in [1.54, 1.807) is 6.92 Å². The standard InChI is InChI=1S/C12H17NO4S/c1-8(2)9(3)18(16,17)7-10-5-4-6-11(13-10)12(14)15/h4-6,8-9H,7H2,1-3H3,(H,14,15). The molecule has 0 fully saturated rings. The number of carbonyl (C=O) groups is 1. The molecule has 0 aliphatic heterocycles. The fourth-order valence-electron chi connectivity index (χ4n) is 1.43. The van der Waals surface area contributed by atoms with Crippen molar-refractivity contribution in [3.63, 3.8) is 0 Å². The summed E-state index contributed by atoms with van der Waals surface area (Å²) in [5.74, 6) is -1.38. The van der Waals surface area contributed by atoms with Crippen molar-refractivity contribution in [1.82, 2.24) is 4.98 Å². The molecule has 1 atom stereocenters. The molecule has 1 unspecified atom stereocenters. The monoisotopic (exact) mass is 271 g/mol. The van der Waals surface area contributed by atoms with Crippen LogP contribution in [0.4, 0.5) is 0 Å². The first kappa shape index (κ1) is 14.6. The van der Waals surface area contributed by atoms with E-state index in [1.165, 1.54) is 18.2 Å². The summed E-state index contributed by atoms with van der Waals surface area (Å²) >= 11 is 0. The lowest BCUT2D eigenvalue weighted by atomic mass is 10.2. The smallest absolute Gasteiger partial charge is 0.354 e. The minimum Gasteiger partial charge on any atom is -0.477 e. The van der Waals surface area contributed by atoms with Crippen LogP contribution in [0.1, 0.15) is 37.0 Å². The van der Waals surface area contributed by atoms with Crippen molar-refractivity contribution in [3.05, 3.63) is 29.6 Å². The van der Waals surface area contributed by atoms with Crippen molar-refractivity contribution in [1.29, 1.82) is 0 Å². The van der Waals surface area contributed by atoms with Crippen LogP contribution in [0.25, 0.3) is 0 Å². The van der Waals surface area contributed by atoms with Crippen LogP contribution in [-0.2, 0) is 15.6 Å². The summed E-state index contributed by atoms with van der Waals surface area (Å²) in [6.07, 6.45) is 0. The lowest BCUT2D eigenvalue weighted by Gasteiger charge is -2.16. The van der Waals surface area contributed by atoms with Gasteiger partial charge in [0.25, 0.3) is 0 Å². The molecule has 0 saturated heterocycles. The van der Waals surface area contributed by atoms with Gasteiger partial charge in [-0.1, -0.05) is 19.9 Å². The van der Waals surface area contributed by atoms with Crippen molar-refractivity contribution in [2.45, 2.75) is 31.8 Å². The summed E-state index contributed by atoms with van der Waals surface area (Å²) in [5, 5.41) is 8.31. The molecule has 100 valence electrons. The first-order chi connectivity index (χ1) is 8.24. The molecule has 0 amide bonds. The second-order valence-electron chi connectivity index (χ2n) is 4.58. The lowest BCUT2D eigenvalue weighted by molar-refractivity contribution is 0.0690. The summed E-state index contributed by atoms with van der Waals surface area (Å²) < 4.78 is 24.1. The third-order valence-corrected chi connectivity index (χ3v) is 5.26. The predicted octanol–water partition coefficient (Wildman–Crippen LogP) is 1.74. The van der Waals surface area contributed by atoms with Gasteiger partial charge in [0.2, 0.25) is 0 Å². The normalized spacial score (nSPS) is 13.6. The fourth-order valence-corrected chi connectivity index (χ4v) is 3.10.